The molecular weight excluding hydrogens is 699 g/mol. The Hall–Kier alpha value is -3.97. The summed E-state index contributed by atoms with van der Waals surface area (Å²) in [5.74, 6) is 1.67. The van der Waals surface area contributed by atoms with Crippen LogP contribution < -0.4 is 19.7 Å². The summed E-state index contributed by atoms with van der Waals surface area (Å²) in [5, 5.41) is 2.90. The largest absolute Gasteiger partial charge is 0.495 e. The number of carbonyl (C=O) groups is 3. The summed E-state index contributed by atoms with van der Waals surface area (Å²) in [6.45, 7) is 5.91. The lowest BCUT2D eigenvalue weighted by Gasteiger charge is -2.32. The van der Waals surface area contributed by atoms with Crippen molar-refractivity contribution in [1.29, 1.82) is 0 Å². The Kier molecular flexibility index (Phi) is 15.3. The van der Waals surface area contributed by atoms with Gasteiger partial charge < -0.3 is 34.5 Å². The Morgan fingerprint density at radius 1 is 0.980 bits per heavy atom. The van der Waals surface area contributed by atoms with Crippen LogP contribution in [0.2, 0.25) is 0 Å². The maximum Gasteiger partial charge on any atom is 0.258 e. The Bertz CT molecular complexity index is 1780. The standard InChI is InChI=1S/C36H44N6O5S.2ClH/c1-24-12-15-29(31(21-24)47-20-7-5-6-11-33(43)42-18-16-40(2)17-19-42)41(3)36(45)25-13-14-27(30(22-25)46-4)38-35(44)26-9-8-10-28-34(26)39-32(23-48)37-28;;/h8-10,12-15,21-22,48H,5-7,11,16-20,23H2,1-4H3,(H,37,39)(H,38,44);2*1H. The molecule has 1 aliphatic heterocycles. The van der Waals surface area contributed by atoms with Crippen molar-refractivity contribution in [2.45, 2.75) is 38.4 Å². The molecular formula is C36H46Cl2N6O5S. The molecule has 4 aromatic rings. The average molecular weight is 746 g/mol. The van der Waals surface area contributed by atoms with Crippen LogP contribution in [-0.4, -0.2) is 91.5 Å². The number of para-hydroxylation sites is 1. The van der Waals surface area contributed by atoms with Crippen LogP contribution in [0.15, 0.2) is 54.6 Å². The first kappa shape index (κ1) is 40.5. The number of anilines is 2. The van der Waals surface area contributed by atoms with Gasteiger partial charge in [-0.2, -0.15) is 12.6 Å². The lowest BCUT2D eigenvalue weighted by atomic mass is 10.1. The number of imidazole rings is 1. The monoisotopic (exact) mass is 744 g/mol. The summed E-state index contributed by atoms with van der Waals surface area (Å²) in [6, 6.07) is 16.0. The average Bonchev–Trinajstić information content (AvgIpc) is 3.53. The second-order valence-corrected chi connectivity index (χ2v) is 12.4. The molecule has 1 fully saturated rings. The normalized spacial score (nSPS) is 12.9. The molecule has 1 saturated heterocycles. The molecule has 0 saturated carbocycles. The van der Waals surface area contributed by atoms with Crippen LogP contribution in [0.3, 0.4) is 0 Å². The first-order valence-electron chi connectivity index (χ1n) is 16.2. The van der Waals surface area contributed by atoms with E-state index in [4.69, 9.17) is 9.47 Å². The van der Waals surface area contributed by atoms with Crippen molar-refractivity contribution in [2.24, 2.45) is 0 Å². The highest BCUT2D eigenvalue weighted by molar-refractivity contribution is 7.79. The number of aromatic amines is 1. The van der Waals surface area contributed by atoms with Gasteiger partial charge in [0.05, 0.1) is 36.2 Å². The maximum atomic E-state index is 13.7. The van der Waals surface area contributed by atoms with E-state index in [2.05, 4.69) is 39.9 Å². The summed E-state index contributed by atoms with van der Waals surface area (Å²) in [5.41, 5.74) is 4.17. The number of nitrogens with zero attached hydrogens (tertiary/aromatic N) is 4. The van der Waals surface area contributed by atoms with Gasteiger partial charge in [-0.15, -0.1) is 24.8 Å². The number of nitrogens with one attached hydrogen (secondary N) is 2. The minimum absolute atomic E-state index is 0. The molecule has 14 heteroatoms. The van der Waals surface area contributed by atoms with Gasteiger partial charge in [-0.25, -0.2) is 4.98 Å². The first-order valence-corrected chi connectivity index (χ1v) is 16.9. The van der Waals surface area contributed by atoms with E-state index in [0.717, 1.165) is 56.5 Å². The number of amides is 3. The second-order valence-electron chi connectivity index (χ2n) is 12.1. The number of carbonyl (C=O) groups excluding carboxylic acids is 3. The van der Waals surface area contributed by atoms with Gasteiger partial charge in [0, 0.05) is 51.0 Å². The molecule has 0 radical (unpaired) electrons. The summed E-state index contributed by atoms with van der Waals surface area (Å²) in [6.07, 6.45) is 3.06. The molecule has 1 aliphatic rings. The van der Waals surface area contributed by atoms with Crippen molar-refractivity contribution >= 4 is 77.6 Å². The third-order valence-electron chi connectivity index (χ3n) is 8.58. The van der Waals surface area contributed by atoms with Crippen LogP contribution >= 0.6 is 37.4 Å². The lowest BCUT2D eigenvalue weighted by Crippen LogP contribution is -2.47. The van der Waals surface area contributed by atoms with E-state index in [-0.39, 0.29) is 42.5 Å². The smallest absolute Gasteiger partial charge is 0.258 e. The highest BCUT2D eigenvalue weighted by Gasteiger charge is 2.22. The van der Waals surface area contributed by atoms with E-state index < -0.39 is 0 Å². The number of halogens is 2. The fourth-order valence-corrected chi connectivity index (χ4v) is 5.88. The van der Waals surface area contributed by atoms with Crippen molar-refractivity contribution in [3.63, 3.8) is 0 Å². The van der Waals surface area contributed by atoms with Crippen molar-refractivity contribution in [1.82, 2.24) is 19.8 Å². The van der Waals surface area contributed by atoms with E-state index in [0.29, 0.717) is 64.1 Å². The maximum absolute atomic E-state index is 13.7. The Morgan fingerprint density at radius 2 is 1.74 bits per heavy atom. The molecule has 0 bridgehead atoms. The number of rotatable bonds is 13. The molecule has 0 unspecified atom stereocenters. The number of thiol groups is 1. The van der Waals surface area contributed by atoms with Gasteiger partial charge in [0.2, 0.25) is 5.91 Å². The number of benzene rings is 3. The number of likely N-dealkylation sites (N-methyl/N-ethyl adjacent to an activating group) is 1. The highest BCUT2D eigenvalue weighted by atomic mass is 35.5. The molecule has 2 N–H and O–H groups in total. The van der Waals surface area contributed by atoms with Gasteiger partial charge in [-0.1, -0.05) is 12.1 Å². The van der Waals surface area contributed by atoms with E-state index in [1.165, 1.54) is 7.11 Å². The van der Waals surface area contributed by atoms with Crippen LogP contribution in [-0.2, 0) is 10.5 Å². The zero-order chi connectivity index (χ0) is 34.2. The number of aromatic nitrogens is 2. The molecule has 3 aromatic carbocycles. The van der Waals surface area contributed by atoms with Crippen LogP contribution in [0, 0.1) is 6.92 Å². The molecule has 1 aromatic heterocycles. The van der Waals surface area contributed by atoms with Crippen molar-refractivity contribution < 1.29 is 23.9 Å². The van der Waals surface area contributed by atoms with Gasteiger partial charge >= 0.3 is 0 Å². The van der Waals surface area contributed by atoms with E-state index in [1.54, 1.807) is 42.3 Å². The zero-order valence-electron chi connectivity index (χ0n) is 28.9. The molecule has 2 heterocycles. The number of methoxy groups -OCH3 is 1. The molecule has 11 nitrogen and oxygen atoms in total. The number of unbranched alkanes of at least 4 members (excludes halogenated alkanes) is 2. The van der Waals surface area contributed by atoms with Gasteiger partial charge in [0.1, 0.15) is 22.8 Å². The minimum atomic E-state index is -0.351. The number of fused-ring (bicyclic) bond motifs is 1. The summed E-state index contributed by atoms with van der Waals surface area (Å²) in [4.78, 5) is 52.9. The van der Waals surface area contributed by atoms with Crippen LogP contribution in [0.5, 0.6) is 11.5 Å². The minimum Gasteiger partial charge on any atom is -0.495 e. The second kappa shape index (κ2) is 18.9. The predicted octanol–water partition coefficient (Wildman–Crippen LogP) is 6.40. The quantitative estimate of drug-likeness (QED) is 0.107. The molecule has 270 valence electrons. The third kappa shape index (κ3) is 9.84. The Labute approximate surface area is 311 Å². The molecule has 5 rings (SSSR count). The highest BCUT2D eigenvalue weighted by Crippen LogP contribution is 2.32. The lowest BCUT2D eigenvalue weighted by molar-refractivity contribution is -0.132. The van der Waals surface area contributed by atoms with E-state index in [1.807, 2.05) is 36.1 Å². The Balaban J connectivity index is 0.00000338. The number of H-pyrrole nitrogens is 1. The van der Waals surface area contributed by atoms with Gasteiger partial charge in [0.15, 0.2) is 0 Å². The number of ether oxygens (including phenoxy) is 2. The fraction of sp³-hybridized carbons (Fsp3) is 0.389. The summed E-state index contributed by atoms with van der Waals surface area (Å²) in [7, 11) is 5.28. The fourth-order valence-electron chi connectivity index (χ4n) is 5.73. The third-order valence-corrected chi connectivity index (χ3v) is 8.88. The molecule has 0 atom stereocenters. The summed E-state index contributed by atoms with van der Waals surface area (Å²) < 4.78 is 11.7. The molecule has 0 aliphatic carbocycles. The molecule has 0 spiro atoms. The van der Waals surface area contributed by atoms with Gasteiger partial charge in [-0.3, -0.25) is 14.4 Å². The first-order chi connectivity index (χ1) is 23.2. The van der Waals surface area contributed by atoms with Crippen molar-refractivity contribution in [2.75, 3.05) is 64.2 Å². The van der Waals surface area contributed by atoms with Crippen LogP contribution in [0.1, 0.15) is 57.8 Å². The van der Waals surface area contributed by atoms with Crippen molar-refractivity contribution in [3.05, 3.63) is 77.1 Å². The number of hydrogen-bond acceptors (Lipinski definition) is 8. The number of hydrogen-bond donors (Lipinski definition) is 3. The zero-order valence-corrected chi connectivity index (χ0v) is 31.4. The van der Waals surface area contributed by atoms with E-state index in [9.17, 15) is 14.4 Å². The van der Waals surface area contributed by atoms with Crippen LogP contribution in [0.25, 0.3) is 11.0 Å². The van der Waals surface area contributed by atoms with Gasteiger partial charge in [-0.05, 0) is 81.3 Å². The molecule has 3 amide bonds. The SMILES string of the molecule is COc1cc(C(=O)N(C)c2ccc(C)cc2OCCCCCC(=O)N2CCN(C)CC2)ccc1NC(=O)c1cccc2[nH]c(CS)nc12.Cl.Cl. The van der Waals surface area contributed by atoms with E-state index >= 15 is 0 Å². The van der Waals surface area contributed by atoms with Crippen molar-refractivity contribution in [3.8, 4) is 11.5 Å². The Morgan fingerprint density at radius 3 is 2.46 bits per heavy atom. The van der Waals surface area contributed by atoms with Gasteiger partial charge in [0.25, 0.3) is 11.8 Å². The number of aryl methyl sites for hydroxylation is 1. The molecule has 50 heavy (non-hydrogen) atoms. The summed E-state index contributed by atoms with van der Waals surface area (Å²) >= 11 is 4.27. The van der Waals surface area contributed by atoms with Crippen LogP contribution in [0.4, 0.5) is 11.4 Å². The topological polar surface area (TPSA) is 120 Å². The number of piperazine rings is 1. The predicted molar refractivity (Wildman–Crippen MR) is 206 cm³/mol.